The number of amides is 1. The molecule has 0 bridgehead atoms. The van der Waals surface area contributed by atoms with Crippen LogP contribution in [0.4, 0.5) is 5.69 Å². The number of nitrogens with zero attached hydrogens (tertiary/aromatic N) is 3. The standard InChI is InChI=1S/C17H23N3O3/c21-17-5-3-11-19(17)13-16-4-1-2-10-18(16)12-14-6-8-15(9-7-14)20(22)23/h6-9,16H,1-5,10-13H2/t16-/m0/s1. The van der Waals surface area contributed by atoms with Gasteiger partial charge >= 0.3 is 0 Å². The maximum atomic E-state index is 11.9. The summed E-state index contributed by atoms with van der Waals surface area (Å²) in [4.78, 5) is 26.7. The van der Waals surface area contributed by atoms with Crippen molar-refractivity contribution >= 4 is 11.6 Å². The summed E-state index contributed by atoms with van der Waals surface area (Å²) in [5.41, 5.74) is 1.22. The van der Waals surface area contributed by atoms with Crippen molar-refractivity contribution in [2.75, 3.05) is 19.6 Å². The van der Waals surface area contributed by atoms with Crippen LogP contribution in [0.1, 0.15) is 37.7 Å². The summed E-state index contributed by atoms with van der Waals surface area (Å²) in [7, 11) is 0. The zero-order chi connectivity index (χ0) is 16.2. The Bertz CT molecular complexity index is 573. The van der Waals surface area contributed by atoms with Crippen LogP contribution in [-0.2, 0) is 11.3 Å². The minimum absolute atomic E-state index is 0.131. The molecular weight excluding hydrogens is 294 g/mol. The number of piperidine rings is 1. The molecule has 6 heteroatoms. The Morgan fingerprint density at radius 2 is 1.91 bits per heavy atom. The van der Waals surface area contributed by atoms with Crippen LogP contribution in [0.25, 0.3) is 0 Å². The molecule has 1 aromatic carbocycles. The van der Waals surface area contributed by atoms with E-state index in [1.165, 1.54) is 12.8 Å². The van der Waals surface area contributed by atoms with Crippen LogP contribution in [0.15, 0.2) is 24.3 Å². The highest BCUT2D eigenvalue weighted by molar-refractivity contribution is 5.78. The lowest BCUT2D eigenvalue weighted by molar-refractivity contribution is -0.384. The highest BCUT2D eigenvalue weighted by atomic mass is 16.6. The Morgan fingerprint density at radius 1 is 1.13 bits per heavy atom. The molecule has 2 aliphatic heterocycles. The first-order valence-electron chi connectivity index (χ1n) is 8.38. The summed E-state index contributed by atoms with van der Waals surface area (Å²) in [6.07, 6.45) is 5.18. The fraction of sp³-hybridized carbons (Fsp3) is 0.588. The van der Waals surface area contributed by atoms with E-state index in [0.717, 1.165) is 44.6 Å². The highest BCUT2D eigenvalue weighted by Crippen LogP contribution is 2.23. The summed E-state index contributed by atoms with van der Waals surface area (Å²) in [6, 6.07) is 7.22. The fourth-order valence-corrected chi connectivity index (χ4v) is 3.58. The van der Waals surface area contributed by atoms with E-state index in [-0.39, 0.29) is 16.5 Å². The third kappa shape index (κ3) is 3.88. The second-order valence-electron chi connectivity index (χ2n) is 6.49. The van der Waals surface area contributed by atoms with Crippen molar-refractivity contribution in [3.05, 3.63) is 39.9 Å². The van der Waals surface area contributed by atoms with Gasteiger partial charge in [-0.15, -0.1) is 0 Å². The number of rotatable bonds is 5. The van der Waals surface area contributed by atoms with Gasteiger partial charge in [0, 0.05) is 44.2 Å². The SMILES string of the molecule is O=C1CCCN1C[C@@H]1CCCCN1Cc1ccc([N+](=O)[O-])cc1. The number of hydrogen-bond acceptors (Lipinski definition) is 4. The first-order chi connectivity index (χ1) is 11.1. The van der Waals surface area contributed by atoms with Crippen LogP contribution in [-0.4, -0.2) is 46.3 Å². The first-order valence-corrected chi connectivity index (χ1v) is 8.38. The molecule has 2 fully saturated rings. The Balaban J connectivity index is 1.63. The van der Waals surface area contributed by atoms with Gasteiger partial charge < -0.3 is 4.90 Å². The van der Waals surface area contributed by atoms with Crippen molar-refractivity contribution in [1.29, 1.82) is 0 Å². The van der Waals surface area contributed by atoms with Crippen LogP contribution in [0.3, 0.4) is 0 Å². The molecule has 2 heterocycles. The van der Waals surface area contributed by atoms with E-state index in [0.29, 0.717) is 12.5 Å². The lowest BCUT2D eigenvalue weighted by Crippen LogP contribution is -2.46. The number of nitro benzene ring substituents is 1. The molecule has 0 aromatic heterocycles. The van der Waals surface area contributed by atoms with Crippen molar-refractivity contribution in [3.8, 4) is 0 Å². The number of hydrogen-bond donors (Lipinski definition) is 0. The Hall–Kier alpha value is -1.95. The Morgan fingerprint density at radius 3 is 2.57 bits per heavy atom. The molecule has 1 aromatic rings. The monoisotopic (exact) mass is 317 g/mol. The minimum Gasteiger partial charge on any atom is -0.341 e. The van der Waals surface area contributed by atoms with E-state index >= 15 is 0 Å². The average molecular weight is 317 g/mol. The van der Waals surface area contributed by atoms with E-state index in [1.807, 2.05) is 17.0 Å². The molecule has 1 atom stereocenters. The minimum atomic E-state index is -0.369. The van der Waals surface area contributed by atoms with Crippen LogP contribution in [0, 0.1) is 10.1 Å². The topological polar surface area (TPSA) is 66.7 Å². The van der Waals surface area contributed by atoms with E-state index in [4.69, 9.17) is 0 Å². The predicted molar refractivity (Wildman–Crippen MR) is 87.0 cm³/mol. The lowest BCUT2D eigenvalue weighted by atomic mass is 10.0. The van der Waals surface area contributed by atoms with E-state index in [2.05, 4.69) is 4.90 Å². The van der Waals surface area contributed by atoms with Crippen molar-refractivity contribution in [3.63, 3.8) is 0 Å². The molecule has 0 spiro atoms. The lowest BCUT2D eigenvalue weighted by Gasteiger charge is -2.37. The van der Waals surface area contributed by atoms with Crippen LogP contribution in [0.5, 0.6) is 0 Å². The van der Waals surface area contributed by atoms with Crippen molar-refractivity contribution in [1.82, 2.24) is 9.80 Å². The molecule has 124 valence electrons. The summed E-state index contributed by atoms with van der Waals surface area (Å²) in [6.45, 7) is 3.54. The number of carbonyl (C=O) groups is 1. The number of nitro groups is 1. The maximum absolute atomic E-state index is 11.9. The third-order valence-corrected chi connectivity index (χ3v) is 4.88. The van der Waals surface area contributed by atoms with Gasteiger partial charge in [-0.25, -0.2) is 0 Å². The van der Waals surface area contributed by atoms with Gasteiger partial charge in [-0.2, -0.15) is 0 Å². The van der Waals surface area contributed by atoms with Gasteiger partial charge in [-0.05, 0) is 31.4 Å². The second-order valence-corrected chi connectivity index (χ2v) is 6.49. The van der Waals surface area contributed by atoms with Crippen LogP contribution < -0.4 is 0 Å². The second kappa shape index (κ2) is 7.08. The van der Waals surface area contributed by atoms with Crippen molar-refractivity contribution < 1.29 is 9.72 Å². The predicted octanol–water partition coefficient (Wildman–Crippen LogP) is 2.57. The zero-order valence-corrected chi connectivity index (χ0v) is 13.3. The fourth-order valence-electron chi connectivity index (χ4n) is 3.58. The number of benzene rings is 1. The molecule has 0 unspecified atom stereocenters. The summed E-state index contributed by atoms with van der Waals surface area (Å²) in [5, 5.41) is 10.7. The smallest absolute Gasteiger partial charge is 0.269 e. The molecule has 6 nitrogen and oxygen atoms in total. The zero-order valence-electron chi connectivity index (χ0n) is 13.3. The maximum Gasteiger partial charge on any atom is 0.269 e. The Labute approximate surface area is 136 Å². The largest absolute Gasteiger partial charge is 0.341 e. The van der Waals surface area contributed by atoms with Crippen molar-refractivity contribution in [2.24, 2.45) is 0 Å². The van der Waals surface area contributed by atoms with Gasteiger partial charge in [0.25, 0.3) is 5.69 Å². The van der Waals surface area contributed by atoms with E-state index in [9.17, 15) is 14.9 Å². The molecule has 2 saturated heterocycles. The van der Waals surface area contributed by atoms with Gasteiger partial charge in [0.05, 0.1) is 4.92 Å². The molecule has 0 N–H and O–H groups in total. The third-order valence-electron chi connectivity index (χ3n) is 4.88. The molecule has 1 amide bonds. The van der Waals surface area contributed by atoms with E-state index in [1.54, 1.807) is 12.1 Å². The molecule has 2 aliphatic rings. The number of carbonyl (C=O) groups excluding carboxylic acids is 1. The normalized spacial score (nSPS) is 22.5. The molecule has 3 rings (SSSR count). The van der Waals surface area contributed by atoms with Gasteiger partial charge in [0.1, 0.15) is 0 Å². The quantitative estimate of drug-likeness (QED) is 0.618. The van der Waals surface area contributed by atoms with Crippen molar-refractivity contribution in [2.45, 2.75) is 44.7 Å². The number of non-ortho nitro benzene ring substituents is 1. The Kier molecular flexibility index (Phi) is 4.91. The van der Waals surface area contributed by atoms with Crippen LogP contribution in [0.2, 0.25) is 0 Å². The van der Waals surface area contributed by atoms with Crippen LogP contribution >= 0.6 is 0 Å². The molecule has 0 aliphatic carbocycles. The van der Waals surface area contributed by atoms with Gasteiger partial charge in [-0.1, -0.05) is 18.6 Å². The number of likely N-dealkylation sites (tertiary alicyclic amines) is 2. The summed E-state index contributed by atoms with van der Waals surface area (Å²) < 4.78 is 0. The van der Waals surface area contributed by atoms with E-state index < -0.39 is 0 Å². The molecular formula is C17H23N3O3. The first kappa shape index (κ1) is 15.9. The van der Waals surface area contributed by atoms with Gasteiger partial charge in [0.15, 0.2) is 0 Å². The van der Waals surface area contributed by atoms with Gasteiger partial charge in [0.2, 0.25) is 5.91 Å². The highest BCUT2D eigenvalue weighted by Gasteiger charge is 2.28. The summed E-state index contributed by atoms with van der Waals surface area (Å²) >= 11 is 0. The molecule has 0 saturated carbocycles. The summed E-state index contributed by atoms with van der Waals surface area (Å²) in [5.74, 6) is 0.283. The molecule has 0 radical (unpaired) electrons. The molecule has 23 heavy (non-hydrogen) atoms. The van der Waals surface area contributed by atoms with Gasteiger partial charge in [-0.3, -0.25) is 19.8 Å². The average Bonchev–Trinajstić information content (AvgIpc) is 2.95.